The smallest absolute Gasteiger partial charge is 0.408 e. The standard InChI is InChI=1S/C17H23N3O5/c1-23-16(21)14(11-24-10-13-7-8-15(18)19-13)20-17(22)25-9-12-5-3-2-4-6-12/h2-6,13-14H,7-11H2,1H3,(H2,18,19)(H,20,22)/t13-,14-/m0/s1. The quantitative estimate of drug-likeness (QED) is 0.609. The molecule has 2 rings (SSSR count). The maximum Gasteiger partial charge on any atom is 0.408 e. The fourth-order valence-electron chi connectivity index (χ4n) is 2.38. The lowest BCUT2D eigenvalue weighted by molar-refractivity contribution is -0.144. The van der Waals surface area contributed by atoms with Crippen molar-refractivity contribution in [1.29, 1.82) is 5.41 Å². The van der Waals surface area contributed by atoms with Crippen LogP contribution in [0.15, 0.2) is 30.3 Å². The van der Waals surface area contributed by atoms with E-state index in [0.717, 1.165) is 12.0 Å². The van der Waals surface area contributed by atoms with Crippen molar-refractivity contribution in [1.82, 2.24) is 10.6 Å². The minimum Gasteiger partial charge on any atom is -0.467 e. The highest BCUT2D eigenvalue weighted by atomic mass is 16.6. The third kappa shape index (κ3) is 6.42. The van der Waals surface area contributed by atoms with Crippen molar-refractivity contribution in [3.05, 3.63) is 35.9 Å². The summed E-state index contributed by atoms with van der Waals surface area (Å²) in [5.74, 6) is -0.121. The molecule has 3 N–H and O–H groups in total. The number of esters is 1. The molecule has 0 aliphatic carbocycles. The zero-order chi connectivity index (χ0) is 18.1. The summed E-state index contributed by atoms with van der Waals surface area (Å²) in [6.07, 6.45) is 0.788. The van der Waals surface area contributed by atoms with Gasteiger partial charge < -0.3 is 24.8 Å². The third-order valence-electron chi connectivity index (χ3n) is 3.72. The van der Waals surface area contributed by atoms with Crippen molar-refractivity contribution in [3.8, 4) is 0 Å². The Morgan fingerprint density at radius 3 is 2.76 bits per heavy atom. The van der Waals surface area contributed by atoms with E-state index in [-0.39, 0.29) is 19.3 Å². The molecule has 25 heavy (non-hydrogen) atoms. The molecule has 1 saturated heterocycles. The number of rotatable bonds is 8. The number of carbonyl (C=O) groups is 2. The summed E-state index contributed by atoms with van der Waals surface area (Å²) in [4.78, 5) is 23.7. The van der Waals surface area contributed by atoms with Gasteiger partial charge in [0.15, 0.2) is 6.04 Å². The monoisotopic (exact) mass is 349 g/mol. The molecule has 0 spiro atoms. The molecule has 0 radical (unpaired) electrons. The van der Waals surface area contributed by atoms with Crippen LogP contribution in [0.2, 0.25) is 0 Å². The second-order valence-corrected chi connectivity index (χ2v) is 5.68. The number of amidine groups is 1. The van der Waals surface area contributed by atoms with Gasteiger partial charge in [0, 0.05) is 6.42 Å². The predicted octanol–water partition coefficient (Wildman–Crippen LogP) is 1.20. The highest BCUT2D eigenvalue weighted by Crippen LogP contribution is 2.07. The Morgan fingerprint density at radius 2 is 2.12 bits per heavy atom. The van der Waals surface area contributed by atoms with Crippen molar-refractivity contribution in [2.45, 2.75) is 31.5 Å². The topological polar surface area (TPSA) is 110 Å². The number of carbonyl (C=O) groups excluding carboxylic acids is 2. The number of methoxy groups -OCH3 is 1. The molecule has 0 bridgehead atoms. The molecule has 2 atom stereocenters. The van der Waals surface area contributed by atoms with Crippen LogP contribution in [0, 0.1) is 5.41 Å². The lowest BCUT2D eigenvalue weighted by atomic mass is 10.2. The second-order valence-electron chi connectivity index (χ2n) is 5.68. The molecule has 8 nitrogen and oxygen atoms in total. The summed E-state index contributed by atoms with van der Waals surface area (Å²) in [6, 6.07) is 8.33. The maximum atomic E-state index is 11.9. The molecule has 1 aromatic rings. The molecule has 1 heterocycles. The van der Waals surface area contributed by atoms with E-state index in [1.165, 1.54) is 7.11 Å². The molecular formula is C17H23N3O5. The Hall–Kier alpha value is -2.61. The highest BCUT2D eigenvalue weighted by molar-refractivity contribution is 5.81. The molecule has 136 valence electrons. The van der Waals surface area contributed by atoms with Gasteiger partial charge in [0.25, 0.3) is 0 Å². The molecule has 1 fully saturated rings. The van der Waals surface area contributed by atoms with E-state index >= 15 is 0 Å². The molecule has 8 heteroatoms. The van der Waals surface area contributed by atoms with Crippen LogP contribution in [0.25, 0.3) is 0 Å². The van der Waals surface area contributed by atoms with E-state index in [4.69, 9.17) is 14.9 Å². The first-order valence-electron chi connectivity index (χ1n) is 8.05. The number of benzene rings is 1. The third-order valence-corrected chi connectivity index (χ3v) is 3.72. The Morgan fingerprint density at radius 1 is 1.36 bits per heavy atom. The minimum atomic E-state index is -0.950. The lowest BCUT2D eigenvalue weighted by Gasteiger charge is -2.18. The maximum absolute atomic E-state index is 11.9. The lowest BCUT2D eigenvalue weighted by Crippen LogP contribution is -2.45. The number of nitrogens with one attached hydrogen (secondary N) is 3. The van der Waals surface area contributed by atoms with Crippen molar-refractivity contribution in [2.24, 2.45) is 0 Å². The van der Waals surface area contributed by atoms with Gasteiger partial charge in [-0.05, 0) is 12.0 Å². The van der Waals surface area contributed by atoms with Gasteiger partial charge in [-0.25, -0.2) is 9.59 Å². The zero-order valence-electron chi connectivity index (χ0n) is 14.1. The van der Waals surface area contributed by atoms with Crippen LogP contribution in [0.1, 0.15) is 18.4 Å². The van der Waals surface area contributed by atoms with Gasteiger partial charge in [-0.15, -0.1) is 0 Å². The van der Waals surface area contributed by atoms with Crippen molar-refractivity contribution in [2.75, 3.05) is 20.3 Å². The number of ether oxygens (including phenoxy) is 3. The average molecular weight is 349 g/mol. The summed E-state index contributed by atoms with van der Waals surface area (Å²) in [5.41, 5.74) is 0.846. The minimum absolute atomic E-state index is 0.0291. The van der Waals surface area contributed by atoms with Gasteiger partial charge in [0.05, 0.1) is 32.2 Å². The summed E-state index contributed by atoms with van der Waals surface area (Å²) >= 11 is 0. The van der Waals surface area contributed by atoms with Crippen LogP contribution in [0.4, 0.5) is 4.79 Å². The van der Waals surface area contributed by atoms with Gasteiger partial charge >= 0.3 is 12.1 Å². The van der Waals surface area contributed by atoms with Gasteiger partial charge in [0.2, 0.25) is 0 Å². The molecule has 1 aromatic carbocycles. The van der Waals surface area contributed by atoms with Crippen LogP contribution in [-0.2, 0) is 25.6 Å². The molecular weight excluding hydrogens is 326 g/mol. The van der Waals surface area contributed by atoms with E-state index < -0.39 is 18.1 Å². The van der Waals surface area contributed by atoms with E-state index in [1.54, 1.807) is 0 Å². The van der Waals surface area contributed by atoms with Gasteiger partial charge in [-0.1, -0.05) is 30.3 Å². The number of hydrogen-bond donors (Lipinski definition) is 3. The summed E-state index contributed by atoms with van der Waals surface area (Å²) in [7, 11) is 1.24. The van der Waals surface area contributed by atoms with E-state index in [1.807, 2.05) is 30.3 Å². The largest absolute Gasteiger partial charge is 0.467 e. The van der Waals surface area contributed by atoms with E-state index in [2.05, 4.69) is 15.4 Å². The second kappa shape index (κ2) is 9.63. The molecule has 0 unspecified atom stereocenters. The first kappa shape index (κ1) is 18.7. The number of alkyl carbamates (subject to hydrolysis) is 1. The predicted molar refractivity (Wildman–Crippen MR) is 90.3 cm³/mol. The van der Waals surface area contributed by atoms with Crippen molar-refractivity contribution >= 4 is 17.9 Å². The first-order valence-corrected chi connectivity index (χ1v) is 8.05. The molecule has 1 aliphatic heterocycles. The number of amides is 1. The van der Waals surface area contributed by atoms with Crippen LogP contribution in [0.3, 0.4) is 0 Å². The molecule has 1 aliphatic rings. The molecule has 1 amide bonds. The van der Waals surface area contributed by atoms with Gasteiger partial charge in [-0.3, -0.25) is 5.41 Å². The van der Waals surface area contributed by atoms with Crippen LogP contribution in [-0.4, -0.2) is 50.3 Å². The SMILES string of the molecule is COC(=O)[C@H](COC[C@@H]1CCC(=N)N1)NC(=O)OCc1ccccc1. The Bertz CT molecular complexity index is 593. The van der Waals surface area contributed by atoms with E-state index in [0.29, 0.717) is 18.9 Å². The number of hydrogen-bond acceptors (Lipinski definition) is 6. The Balaban J connectivity index is 1.75. The zero-order valence-corrected chi connectivity index (χ0v) is 14.1. The fourth-order valence-corrected chi connectivity index (χ4v) is 2.38. The highest BCUT2D eigenvalue weighted by Gasteiger charge is 2.24. The van der Waals surface area contributed by atoms with Gasteiger partial charge in [0.1, 0.15) is 6.61 Å². The van der Waals surface area contributed by atoms with Crippen LogP contribution in [0.5, 0.6) is 0 Å². The Labute approximate surface area is 146 Å². The van der Waals surface area contributed by atoms with Crippen LogP contribution >= 0.6 is 0 Å². The van der Waals surface area contributed by atoms with Crippen LogP contribution < -0.4 is 10.6 Å². The molecule has 0 aromatic heterocycles. The van der Waals surface area contributed by atoms with Crippen molar-refractivity contribution in [3.63, 3.8) is 0 Å². The summed E-state index contributed by atoms with van der Waals surface area (Å²) in [6.45, 7) is 0.421. The summed E-state index contributed by atoms with van der Waals surface area (Å²) in [5, 5.41) is 12.9. The van der Waals surface area contributed by atoms with Crippen molar-refractivity contribution < 1.29 is 23.8 Å². The normalized spacial score (nSPS) is 17.5. The van der Waals surface area contributed by atoms with E-state index in [9.17, 15) is 9.59 Å². The van der Waals surface area contributed by atoms with Gasteiger partial charge in [-0.2, -0.15) is 0 Å². The molecule has 0 saturated carbocycles. The first-order chi connectivity index (χ1) is 12.1. The Kier molecular flexibility index (Phi) is 7.21. The summed E-state index contributed by atoms with van der Waals surface area (Å²) < 4.78 is 15.3. The average Bonchev–Trinajstić information content (AvgIpc) is 3.04. The fraction of sp³-hybridized carbons (Fsp3) is 0.471.